The average molecular weight is 586 g/mol. The summed E-state index contributed by atoms with van der Waals surface area (Å²) < 4.78 is 68.0. The Labute approximate surface area is 218 Å². The molecule has 0 aromatic heterocycles. The van der Waals surface area contributed by atoms with Crippen LogP contribution >= 0.6 is 0 Å². The smallest absolute Gasteiger partial charge is 0.394 e. The molecule has 0 aromatic rings. The zero-order valence-electron chi connectivity index (χ0n) is 20.0. The quantitative estimate of drug-likeness (QED) is 0.121. The van der Waals surface area contributed by atoms with Crippen molar-refractivity contribution < 1.29 is 92.7 Å². The van der Waals surface area contributed by atoms with Gasteiger partial charge in [0.1, 0.15) is 79.9 Å². The Hall–Kier alpha value is -0.850. The van der Waals surface area contributed by atoms with E-state index in [1.165, 1.54) is 0 Å². The summed E-state index contributed by atoms with van der Waals surface area (Å²) in [6.07, 6.45) is -31.3. The third-order valence-corrected chi connectivity index (χ3v) is 6.45. The molecule has 39 heavy (non-hydrogen) atoms. The van der Waals surface area contributed by atoms with Crippen LogP contribution in [0.3, 0.4) is 0 Å². The summed E-state index contributed by atoms with van der Waals surface area (Å²) in [6, 6.07) is 0. The number of aliphatic hydroxyl groups excluding tert-OH is 10. The normalized spacial score (nSPS) is 47.8. The van der Waals surface area contributed by atoms with Gasteiger partial charge in [0, 0.05) is 0 Å². The van der Waals surface area contributed by atoms with Crippen LogP contribution < -0.4 is 0 Å². The van der Waals surface area contributed by atoms with Gasteiger partial charge in [0.05, 0.1) is 19.8 Å². The maximum Gasteiger partial charge on any atom is 0.411 e. The van der Waals surface area contributed by atoms with Crippen LogP contribution in [0.25, 0.3) is 0 Å². The van der Waals surface area contributed by atoms with Crippen LogP contribution in [0, 0.1) is 0 Å². The van der Waals surface area contributed by atoms with E-state index < -0.39 is 125 Å². The van der Waals surface area contributed by atoms with Gasteiger partial charge in [0.15, 0.2) is 18.9 Å². The standard InChI is InChI=1S/C20H33F3O16/c21-20(22,23)4-36-19-16(33)13(30)10(27)7(39-19)3-35-18-15(32)12(29)9(26)6(38-18)2-34-17-14(31)11(28)8(25)5(1-24)37-17/h5-19,24-33H,1-4H2/t5-,6-,7-,8+,9+,10+,11+,12+,13+,14-,15-,16-,17+,18+,19+/m1/s1. The van der Waals surface area contributed by atoms with E-state index in [4.69, 9.17) is 23.7 Å². The summed E-state index contributed by atoms with van der Waals surface area (Å²) in [7, 11) is 0. The first kappa shape index (κ1) is 32.7. The van der Waals surface area contributed by atoms with Crippen molar-refractivity contribution in [3.63, 3.8) is 0 Å². The molecular weight excluding hydrogens is 553 g/mol. The number of ether oxygens (including phenoxy) is 6. The van der Waals surface area contributed by atoms with Crippen molar-refractivity contribution in [1.82, 2.24) is 0 Å². The van der Waals surface area contributed by atoms with E-state index >= 15 is 0 Å². The highest BCUT2D eigenvalue weighted by molar-refractivity contribution is 4.93. The molecule has 0 radical (unpaired) electrons. The van der Waals surface area contributed by atoms with E-state index in [0.29, 0.717) is 0 Å². The number of halogens is 3. The molecule has 0 bridgehead atoms. The second-order valence-electron chi connectivity index (χ2n) is 9.32. The summed E-state index contributed by atoms with van der Waals surface area (Å²) in [5.74, 6) is 0. The molecule has 16 nitrogen and oxygen atoms in total. The summed E-state index contributed by atoms with van der Waals surface area (Å²) >= 11 is 0. The van der Waals surface area contributed by atoms with Crippen LogP contribution in [0.5, 0.6) is 0 Å². The zero-order chi connectivity index (χ0) is 29.2. The van der Waals surface area contributed by atoms with Crippen LogP contribution in [0.15, 0.2) is 0 Å². The molecule has 3 aliphatic heterocycles. The minimum absolute atomic E-state index is 0.658. The fraction of sp³-hybridized carbons (Fsp3) is 1.00. The van der Waals surface area contributed by atoms with Gasteiger partial charge in [0.2, 0.25) is 0 Å². The van der Waals surface area contributed by atoms with Crippen LogP contribution in [-0.2, 0) is 28.4 Å². The molecule has 3 saturated heterocycles. The Morgan fingerprint density at radius 3 is 1.18 bits per heavy atom. The van der Waals surface area contributed by atoms with E-state index in [1.807, 2.05) is 0 Å². The zero-order valence-corrected chi connectivity index (χ0v) is 20.0. The Morgan fingerprint density at radius 1 is 0.487 bits per heavy atom. The van der Waals surface area contributed by atoms with E-state index in [2.05, 4.69) is 4.74 Å². The first-order valence-electron chi connectivity index (χ1n) is 11.8. The van der Waals surface area contributed by atoms with E-state index in [9.17, 15) is 64.2 Å². The van der Waals surface area contributed by atoms with Gasteiger partial charge in [-0.25, -0.2) is 0 Å². The Bertz CT molecular complexity index is 763. The maximum absolute atomic E-state index is 12.5. The van der Waals surface area contributed by atoms with Crippen molar-refractivity contribution in [2.24, 2.45) is 0 Å². The van der Waals surface area contributed by atoms with Gasteiger partial charge in [-0.3, -0.25) is 0 Å². The van der Waals surface area contributed by atoms with Crippen LogP contribution in [-0.4, -0.2) is 176 Å². The van der Waals surface area contributed by atoms with Gasteiger partial charge >= 0.3 is 6.18 Å². The molecule has 3 rings (SSSR count). The Kier molecular flexibility index (Phi) is 11.2. The summed E-state index contributed by atoms with van der Waals surface area (Å²) in [6.45, 7) is -4.01. The molecule has 3 heterocycles. The summed E-state index contributed by atoms with van der Waals surface area (Å²) in [5.41, 5.74) is 0. The average Bonchev–Trinajstić information content (AvgIpc) is 2.88. The predicted molar refractivity (Wildman–Crippen MR) is 111 cm³/mol. The van der Waals surface area contributed by atoms with Gasteiger partial charge in [-0.15, -0.1) is 0 Å². The van der Waals surface area contributed by atoms with Crippen molar-refractivity contribution in [3.8, 4) is 0 Å². The lowest BCUT2D eigenvalue weighted by atomic mass is 9.98. The minimum atomic E-state index is -4.79. The third-order valence-electron chi connectivity index (χ3n) is 6.45. The number of rotatable bonds is 9. The van der Waals surface area contributed by atoms with E-state index in [-0.39, 0.29) is 0 Å². The Morgan fingerprint density at radius 2 is 0.821 bits per heavy atom. The second-order valence-corrected chi connectivity index (χ2v) is 9.32. The second kappa shape index (κ2) is 13.4. The summed E-state index contributed by atoms with van der Waals surface area (Å²) in [4.78, 5) is 0. The molecule has 10 N–H and O–H groups in total. The van der Waals surface area contributed by atoms with Gasteiger partial charge in [0.25, 0.3) is 0 Å². The molecule has 0 saturated carbocycles. The van der Waals surface area contributed by atoms with Crippen molar-refractivity contribution >= 4 is 0 Å². The summed E-state index contributed by atoms with van der Waals surface area (Å²) in [5, 5.41) is 99.6. The predicted octanol–water partition coefficient (Wildman–Crippen LogP) is -5.99. The highest BCUT2D eigenvalue weighted by Gasteiger charge is 2.49. The molecular formula is C20H33F3O16. The van der Waals surface area contributed by atoms with Crippen molar-refractivity contribution in [2.75, 3.05) is 26.4 Å². The van der Waals surface area contributed by atoms with Crippen LogP contribution in [0.1, 0.15) is 0 Å². The lowest BCUT2D eigenvalue weighted by Gasteiger charge is -2.43. The molecule has 230 valence electrons. The highest BCUT2D eigenvalue weighted by Crippen LogP contribution is 2.28. The van der Waals surface area contributed by atoms with Gasteiger partial charge in [-0.05, 0) is 0 Å². The van der Waals surface area contributed by atoms with Gasteiger partial charge in [-0.1, -0.05) is 0 Å². The first-order valence-corrected chi connectivity index (χ1v) is 11.8. The third kappa shape index (κ3) is 7.71. The molecule has 0 amide bonds. The maximum atomic E-state index is 12.5. The minimum Gasteiger partial charge on any atom is -0.394 e. The van der Waals surface area contributed by atoms with Crippen LogP contribution in [0.2, 0.25) is 0 Å². The molecule has 0 spiro atoms. The molecule has 0 unspecified atom stereocenters. The number of hydrogen-bond acceptors (Lipinski definition) is 16. The lowest BCUT2D eigenvalue weighted by molar-refractivity contribution is -0.346. The van der Waals surface area contributed by atoms with E-state index in [1.54, 1.807) is 0 Å². The molecule has 0 aliphatic carbocycles. The van der Waals surface area contributed by atoms with E-state index in [0.717, 1.165) is 0 Å². The lowest BCUT2D eigenvalue weighted by Crippen LogP contribution is -2.62. The van der Waals surface area contributed by atoms with Crippen molar-refractivity contribution in [2.45, 2.75) is 98.3 Å². The number of aliphatic hydroxyl groups is 10. The van der Waals surface area contributed by atoms with Crippen molar-refractivity contribution in [3.05, 3.63) is 0 Å². The fourth-order valence-corrected chi connectivity index (χ4v) is 4.14. The molecule has 0 aromatic carbocycles. The number of alkyl halides is 3. The Balaban J connectivity index is 1.59. The molecule has 19 heteroatoms. The monoisotopic (exact) mass is 586 g/mol. The van der Waals surface area contributed by atoms with Crippen LogP contribution in [0.4, 0.5) is 13.2 Å². The number of hydrogen-bond donors (Lipinski definition) is 10. The van der Waals surface area contributed by atoms with Gasteiger partial charge < -0.3 is 79.5 Å². The van der Waals surface area contributed by atoms with Gasteiger partial charge in [-0.2, -0.15) is 13.2 Å². The van der Waals surface area contributed by atoms with Crippen molar-refractivity contribution in [1.29, 1.82) is 0 Å². The highest BCUT2D eigenvalue weighted by atomic mass is 19.4. The molecule has 15 atom stereocenters. The SMILES string of the molecule is OC[C@H]1O[C@H](OC[C@H]2O[C@H](OC[C@H]3O[C@H](OCC(F)(F)F)[C@H](O)[C@@H](O)[C@H]3O)[C@H](O)[C@@H](O)[C@H]2O)[C@H](O)[C@@H](O)[C@H]1O. The first-order chi connectivity index (χ1) is 18.2. The topological polar surface area (TPSA) is 258 Å². The fourth-order valence-electron chi connectivity index (χ4n) is 4.14. The largest absolute Gasteiger partial charge is 0.411 e. The molecule has 3 fully saturated rings. The molecule has 3 aliphatic rings.